The third-order valence-corrected chi connectivity index (χ3v) is 14.1. The lowest BCUT2D eigenvalue weighted by Gasteiger charge is -2.20. The molecule has 0 aromatic heterocycles. The Morgan fingerprint density at radius 1 is 0.409 bits per heavy atom. The van der Waals surface area contributed by atoms with E-state index in [1.165, 1.54) is 270 Å². The molecule has 0 bridgehead atoms. The van der Waals surface area contributed by atoms with Crippen molar-refractivity contribution in [2.45, 2.75) is 347 Å². The monoisotopic (exact) mass is 932 g/mol. The fourth-order valence-corrected chi connectivity index (χ4v) is 9.46. The van der Waals surface area contributed by atoms with Crippen molar-refractivity contribution in [3.8, 4) is 0 Å². The van der Waals surface area contributed by atoms with Crippen LogP contribution in [0.4, 0.5) is 0 Å². The van der Waals surface area contributed by atoms with Crippen LogP contribution in [0.15, 0.2) is 12.2 Å². The van der Waals surface area contributed by atoms with E-state index in [0.717, 1.165) is 38.5 Å². The number of rotatable bonds is 56. The van der Waals surface area contributed by atoms with Crippen LogP contribution in [0.25, 0.3) is 0 Å². The molecule has 0 heterocycles. The predicted octanol–water partition coefficient (Wildman–Crippen LogP) is 18.5. The molecule has 0 aliphatic rings. The van der Waals surface area contributed by atoms with E-state index in [2.05, 4.69) is 19.2 Å². The van der Waals surface area contributed by atoms with Crippen LogP contribution in [0.3, 0.4) is 0 Å². The maximum absolute atomic E-state index is 12.5. The Kier molecular flexibility index (Phi) is 55.0. The number of aliphatic hydroxyl groups is 2. The highest BCUT2D eigenvalue weighted by Gasteiger charge is 2.18. The lowest BCUT2D eigenvalue weighted by atomic mass is 10.0. The number of allylic oxidation sites excluding steroid dienone is 1. The number of aliphatic hydroxyl groups excluding tert-OH is 2. The number of hydrogen-bond donors (Lipinski definition) is 3. The van der Waals surface area contributed by atoms with E-state index in [4.69, 9.17) is 4.74 Å². The van der Waals surface area contributed by atoms with Crippen molar-refractivity contribution in [1.82, 2.24) is 5.32 Å². The molecule has 6 nitrogen and oxygen atoms in total. The molecule has 0 aliphatic heterocycles. The highest BCUT2D eigenvalue weighted by Crippen LogP contribution is 2.18. The SMILES string of the molecule is CCCCCCCCCCCCCCCCCCC/C=C/C(O)C(CO)NC(=O)CCCCCCCCCCCCCCCCCCCOC(=O)CCCCCCCCCCCCCCC. The van der Waals surface area contributed by atoms with Gasteiger partial charge in [-0.1, -0.05) is 302 Å². The summed E-state index contributed by atoms with van der Waals surface area (Å²) >= 11 is 0. The molecule has 0 aliphatic carbocycles. The van der Waals surface area contributed by atoms with Crippen molar-refractivity contribution >= 4 is 11.9 Å². The lowest BCUT2D eigenvalue weighted by Crippen LogP contribution is -2.45. The van der Waals surface area contributed by atoms with Gasteiger partial charge in [-0.05, 0) is 32.1 Å². The van der Waals surface area contributed by atoms with E-state index in [-0.39, 0.29) is 18.5 Å². The van der Waals surface area contributed by atoms with Gasteiger partial charge in [0.25, 0.3) is 0 Å². The number of carbonyl (C=O) groups is 2. The summed E-state index contributed by atoms with van der Waals surface area (Å²) in [7, 11) is 0. The summed E-state index contributed by atoms with van der Waals surface area (Å²) in [6, 6.07) is -0.631. The van der Waals surface area contributed by atoms with Gasteiger partial charge in [0.15, 0.2) is 0 Å². The maximum Gasteiger partial charge on any atom is 0.305 e. The van der Waals surface area contributed by atoms with Gasteiger partial charge in [-0.3, -0.25) is 9.59 Å². The van der Waals surface area contributed by atoms with E-state index in [1.807, 2.05) is 6.08 Å². The van der Waals surface area contributed by atoms with Gasteiger partial charge >= 0.3 is 5.97 Å². The molecule has 392 valence electrons. The molecule has 2 unspecified atom stereocenters. The van der Waals surface area contributed by atoms with Crippen molar-refractivity contribution in [1.29, 1.82) is 0 Å². The molecule has 0 aromatic rings. The summed E-state index contributed by atoms with van der Waals surface area (Å²) in [6.07, 6.45) is 66.6. The first-order chi connectivity index (χ1) is 32.5. The minimum Gasteiger partial charge on any atom is -0.466 e. The van der Waals surface area contributed by atoms with E-state index < -0.39 is 12.1 Å². The molecule has 0 saturated heterocycles. The van der Waals surface area contributed by atoms with Crippen LogP contribution in [0, 0.1) is 0 Å². The summed E-state index contributed by atoms with van der Waals surface area (Å²) in [6.45, 7) is 4.92. The Bertz CT molecular complexity index is 986. The second kappa shape index (κ2) is 56.2. The lowest BCUT2D eigenvalue weighted by molar-refractivity contribution is -0.143. The van der Waals surface area contributed by atoms with Gasteiger partial charge in [0, 0.05) is 12.8 Å². The molecule has 0 fully saturated rings. The zero-order valence-corrected chi connectivity index (χ0v) is 44.7. The molecule has 2 atom stereocenters. The van der Waals surface area contributed by atoms with Gasteiger partial charge in [-0.25, -0.2) is 0 Å². The van der Waals surface area contributed by atoms with E-state index in [1.54, 1.807) is 6.08 Å². The largest absolute Gasteiger partial charge is 0.466 e. The summed E-state index contributed by atoms with van der Waals surface area (Å²) in [5, 5.41) is 23.2. The van der Waals surface area contributed by atoms with Gasteiger partial charge in [0.2, 0.25) is 5.91 Å². The number of unbranched alkanes of at least 4 members (excludes halogenated alkanes) is 45. The summed E-state index contributed by atoms with van der Waals surface area (Å²) in [5.74, 6) is -0.0633. The van der Waals surface area contributed by atoms with Gasteiger partial charge in [0.1, 0.15) is 0 Å². The molecule has 0 spiro atoms. The van der Waals surface area contributed by atoms with Crippen molar-refractivity contribution in [2.24, 2.45) is 0 Å². The zero-order valence-electron chi connectivity index (χ0n) is 44.7. The third-order valence-electron chi connectivity index (χ3n) is 14.1. The molecule has 3 N–H and O–H groups in total. The Balaban J connectivity index is 3.44. The van der Waals surface area contributed by atoms with E-state index >= 15 is 0 Å². The summed E-state index contributed by atoms with van der Waals surface area (Å²) in [5.41, 5.74) is 0. The Labute approximate surface area is 412 Å². The van der Waals surface area contributed by atoms with Crippen LogP contribution in [-0.2, 0) is 14.3 Å². The standard InChI is InChI=1S/C60H117NO5/c1-3-5-7-9-11-13-15-17-18-19-20-22-25-29-32-36-40-44-48-52-58(63)57(56-62)61-59(64)53-49-45-41-37-33-30-26-23-21-24-27-31-35-39-43-47-51-55-66-60(65)54-50-46-42-38-34-28-16-14-12-10-8-6-4-2/h48,52,57-58,62-63H,3-47,49-51,53-56H2,1-2H3,(H,61,64)/b52-48+. The number of ether oxygens (including phenoxy) is 1. The minimum atomic E-state index is -0.848. The quantitative estimate of drug-likeness (QED) is 0.0321. The Hall–Kier alpha value is -1.40. The highest BCUT2D eigenvalue weighted by atomic mass is 16.5. The molecule has 0 aromatic carbocycles. The second-order valence-electron chi connectivity index (χ2n) is 20.7. The molecule has 0 radical (unpaired) electrons. The molecule has 0 rings (SSSR count). The summed E-state index contributed by atoms with van der Waals surface area (Å²) in [4.78, 5) is 24.5. The molecular weight excluding hydrogens is 815 g/mol. The zero-order chi connectivity index (χ0) is 47.9. The highest BCUT2D eigenvalue weighted by molar-refractivity contribution is 5.76. The number of nitrogens with one attached hydrogen (secondary N) is 1. The fraction of sp³-hybridized carbons (Fsp3) is 0.933. The van der Waals surface area contributed by atoms with Gasteiger partial charge in [-0.2, -0.15) is 0 Å². The molecule has 66 heavy (non-hydrogen) atoms. The van der Waals surface area contributed by atoms with Gasteiger partial charge in [-0.15, -0.1) is 0 Å². The predicted molar refractivity (Wildman–Crippen MR) is 287 cm³/mol. The van der Waals surface area contributed by atoms with Crippen LogP contribution in [-0.4, -0.2) is 47.4 Å². The van der Waals surface area contributed by atoms with Crippen molar-refractivity contribution in [3.05, 3.63) is 12.2 Å². The van der Waals surface area contributed by atoms with Crippen LogP contribution >= 0.6 is 0 Å². The average Bonchev–Trinajstić information content (AvgIpc) is 3.32. The van der Waals surface area contributed by atoms with Gasteiger partial charge < -0.3 is 20.3 Å². The second-order valence-corrected chi connectivity index (χ2v) is 20.7. The fourth-order valence-electron chi connectivity index (χ4n) is 9.46. The van der Waals surface area contributed by atoms with Crippen LogP contribution in [0.5, 0.6) is 0 Å². The normalized spacial score (nSPS) is 12.6. The number of esters is 1. The van der Waals surface area contributed by atoms with Crippen LogP contribution in [0.2, 0.25) is 0 Å². The van der Waals surface area contributed by atoms with Crippen molar-refractivity contribution in [3.63, 3.8) is 0 Å². The van der Waals surface area contributed by atoms with E-state index in [9.17, 15) is 19.8 Å². The number of amides is 1. The first-order valence-corrected chi connectivity index (χ1v) is 30.0. The van der Waals surface area contributed by atoms with E-state index in [0.29, 0.717) is 19.4 Å². The van der Waals surface area contributed by atoms with Crippen molar-refractivity contribution in [2.75, 3.05) is 13.2 Å². The van der Waals surface area contributed by atoms with Crippen LogP contribution in [0.1, 0.15) is 335 Å². The third kappa shape index (κ3) is 52.0. The first kappa shape index (κ1) is 64.6. The average molecular weight is 933 g/mol. The number of carbonyl (C=O) groups excluding carboxylic acids is 2. The number of hydrogen-bond acceptors (Lipinski definition) is 5. The summed E-state index contributed by atoms with van der Waals surface area (Å²) < 4.78 is 5.47. The van der Waals surface area contributed by atoms with Gasteiger partial charge in [0.05, 0.1) is 25.4 Å². The Morgan fingerprint density at radius 3 is 1.03 bits per heavy atom. The molecule has 6 heteroatoms. The maximum atomic E-state index is 12.5. The topological polar surface area (TPSA) is 95.9 Å². The van der Waals surface area contributed by atoms with Crippen molar-refractivity contribution < 1.29 is 24.5 Å². The minimum absolute atomic E-state index is 0.00670. The molecule has 0 saturated carbocycles. The Morgan fingerprint density at radius 2 is 0.697 bits per heavy atom. The molecule has 1 amide bonds. The smallest absolute Gasteiger partial charge is 0.305 e. The molecular formula is C60H117NO5. The van der Waals surface area contributed by atoms with Crippen LogP contribution < -0.4 is 5.32 Å². The first-order valence-electron chi connectivity index (χ1n) is 30.0.